The van der Waals surface area contributed by atoms with E-state index in [9.17, 15) is 19.5 Å². The Kier molecular flexibility index (Phi) is 4.82. The van der Waals surface area contributed by atoms with E-state index in [4.69, 9.17) is 5.73 Å². The zero-order chi connectivity index (χ0) is 16.3. The number of nitrogens with zero attached hydrogens (tertiary/aromatic N) is 2. The third-order valence-electron chi connectivity index (χ3n) is 4.04. The third kappa shape index (κ3) is 3.45. The first kappa shape index (κ1) is 16.4. The number of amides is 1. The smallest absolute Gasteiger partial charge is 0.328 e. The van der Waals surface area contributed by atoms with Gasteiger partial charge in [-0.05, 0) is 26.3 Å². The minimum atomic E-state index is -1.25. The topological polar surface area (TPSA) is 121 Å². The molecule has 1 aliphatic heterocycles. The van der Waals surface area contributed by atoms with Crippen LogP contribution < -0.4 is 17.0 Å². The van der Waals surface area contributed by atoms with Gasteiger partial charge >= 0.3 is 5.69 Å². The molecule has 1 amide bonds. The maximum absolute atomic E-state index is 12.0. The van der Waals surface area contributed by atoms with Crippen LogP contribution in [0.25, 0.3) is 0 Å². The van der Waals surface area contributed by atoms with E-state index in [0.717, 1.165) is 0 Å². The molecule has 2 rings (SSSR count). The van der Waals surface area contributed by atoms with Gasteiger partial charge in [-0.15, -0.1) is 0 Å². The van der Waals surface area contributed by atoms with Crippen molar-refractivity contribution >= 4 is 5.91 Å². The summed E-state index contributed by atoms with van der Waals surface area (Å²) in [6.45, 7) is 2.64. The fraction of sp³-hybridized carbons (Fsp3) is 0.643. The molecule has 1 aliphatic rings. The third-order valence-corrected chi connectivity index (χ3v) is 4.04. The highest BCUT2D eigenvalue weighted by atomic mass is 16.3. The zero-order valence-electron chi connectivity index (χ0n) is 12.6. The molecule has 1 fully saturated rings. The summed E-state index contributed by atoms with van der Waals surface area (Å²) in [4.78, 5) is 38.8. The average molecular weight is 310 g/mol. The Labute approximate surface area is 127 Å². The molecule has 0 bridgehead atoms. The monoisotopic (exact) mass is 310 g/mol. The van der Waals surface area contributed by atoms with Gasteiger partial charge in [-0.1, -0.05) is 0 Å². The lowest BCUT2D eigenvalue weighted by Crippen LogP contribution is -2.56. The van der Waals surface area contributed by atoms with Crippen molar-refractivity contribution in [3.63, 3.8) is 0 Å². The van der Waals surface area contributed by atoms with Crippen molar-refractivity contribution in [1.82, 2.24) is 14.5 Å². The van der Waals surface area contributed by atoms with E-state index in [0.29, 0.717) is 32.4 Å². The van der Waals surface area contributed by atoms with Crippen molar-refractivity contribution in [2.24, 2.45) is 5.73 Å². The van der Waals surface area contributed by atoms with Crippen LogP contribution >= 0.6 is 0 Å². The van der Waals surface area contributed by atoms with Crippen LogP contribution in [0.3, 0.4) is 0 Å². The largest absolute Gasteiger partial charge is 0.386 e. The minimum absolute atomic E-state index is 0.0435. The number of carbonyl (C=O) groups is 1. The molecule has 1 aromatic rings. The molecular weight excluding hydrogens is 288 g/mol. The number of aliphatic hydroxyl groups is 1. The minimum Gasteiger partial charge on any atom is -0.386 e. The molecule has 0 radical (unpaired) electrons. The van der Waals surface area contributed by atoms with E-state index in [1.54, 1.807) is 11.8 Å². The van der Waals surface area contributed by atoms with E-state index in [-0.39, 0.29) is 12.5 Å². The second kappa shape index (κ2) is 6.45. The Morgan fingerprint density at radius 2 is 2.27 bits per heavy atom. The number of nitrogens with one attached hydrogen (secondary N) is 1. The van der Waals surface area contributed by atoms with E-state index < -0.39 is 22.9 Å². The first-order chi connectivity index (χ1) is 10.3. The van der Waals surface area contributed by atoms with Gasteiger partial charge in [0.05, 0.1) is 12.6 Å². The number of hydrogen-bond donors (Lipinski definition) is 3. The number of likely N-dealkylation sites (tertiary alicyclic amines) is 1. The van der Waals surface area contributed by atoms with Gasteiger partial charge in [-0.25, -0.2) is 4.79 Å². The van der Waals surface area contributed by atoms with Crippen LogP contribution in [0, 0.1) is 0 Å². The number of hydrogen-bond acceptors (Lipinski definition) is 5. The molecule has 8 heteroatoms. The fourth-order valence-electron chi connectivity index (χ4n) is 2.90. The molecule has 0 unspecified atom stereocenters. The molecule has 0 aliphatic carbocycles. The number of aromatic nitrogens is 2. The van der Waals surface area contributed by atoms with Gasteiger partial charge in [0, 0.05) is 25.2 Å². The van der Waals surface area contributed by atoms with Crippen molar-refractivity contribution in [3.8, 4) is 0 Å². The van der Waals surface area contributed by atoms with Gasteiger partial charge in [0.2, 0.25) is 5.91 Å². The lowest BCUT2D eigenvalue weighted by atomic mass is 9.88. The molecule has 0 saturated carbocycles. The molecule has 122 valence electrons. The molecule has 1 saturated heterocycles. The van der Waals surface area contributed by atoms with Gasteiger partial charge in [0.1, 0.15) is 5.60 Å². The Hall–Kier alpha value is -1.93. The quantitative estimate of drug-likeness (QED) is 0.645. The first-order valence-corrected chi connectivity index (χ1v) is 7.37. The predicted molar refractivity (Wildman–Crippen MR) is 80.5 cm³/mol. The Morgan fingerprint density at radius 3 is 2.86 bits per heavy atom. The van der Waals surface area contributed by atoms with Crippen molar-refractivity contribution in [2.75, 3.05) is 19.6 Å². The Bertz CT molecular complexity index is 649. The van der Waals surface area contributed by atoms with Crippen molar-refractivity contribution < 1.29 is 9.90 Å². The lowest BCUT2D eigenvalue weighted by Gasteiger charge is -2.43. The van der Waals surface area contributed by atoms with Gasteiger partial charge in [0.15, 0.2) is 0 Å². The fourth-order valence-corrected chi connectivity index (χ4v) is 2.90. The Morgan fingerprint density at radius 1 is 1.55 bits per heavy atom. The predicted octanol–water partition coefficient (Wildman–Crippen LogP) is -1.20. The first-order valence-electron chi connectivity index (χ1n) is 7.37. The molecule has 2 atom stereocenters. The van der Waals surface area contributed by atoms with Gasteiger partial charge in [-0.3, -0.25) is 19.1 Å². The summed E-state index contributed by atoms with van der Waals surface area (Å²) in [6, 6.07) is 0.756. The number of aromatic amines is 1. The van der Waals surface area contributed by atoms with Crippen molar-refractivity contribution in [1.29, 1.82) is 0 Å². The van der Waals surface area contributed by atoms with Crippen molar-refractivity contribution in [2.45, 2.75) is 37.8 Å². The second-order valence-electron chi connectivity index (χ2n) is 5.89. The normalized spacial score (nSPS) is 25.2. The number of β-amino-alcohol motifs (C(OH)–C–C–N with tert-alkyl or cyclic N) is 1. The van der Waals surface area contributed by atoms with Gasteiger partial charge in [-0.2, -0.15) is 0 Å². The van der Waals surface area contributed by atoms with Gasteiger partial charge < -0.3 is 15.7 Å². The van der Waals surface area contributed by atoms with E-state index >= 15 is 0 Å². The summed E-state index contributed by atoms with van der Waals surface area (Å²) >= 11 is 0. The number of nitrogens with two attached hydrogens (primary N) is 1. The SMILES string of the molecule is C[C@@]1(O)CN(C(=O)CCCN)CC[C@H]1n1ccc(=O)[nH]c1=O. The molecule has 4 N–H and O–H groups in total. The van der Waals surface area contributed by atoms with Crippen LogP contribution in [0.4, 0.5) is 0 Å². The number of rotatable bonds is 4. The van der Waals surface area contributed by atoms with Crippen LogP contribution in [0.2, 0.25) is 0 Å². The number of carbonyl (C=O) groups excluding carboxylic acids is 1. The van der Waals surface area contributed by atoms with E-state index in [1.165, 1.54) is 16.8 Å². The molecule has 2 heterocycles. The number of piperidine rings is 1. The highest BCUT2D eigenvalue weighted by Gasteiger charge is 2.40. The summed E-state index contributed by atoms with van der Waals surface area (Å²) in [7, 11) is 0. The Balaban J connectivity index is 2.16. The molecule has 8 nitrogen and oxygen atoms in total. The van der Waals surface area contributed by atoms with Crippen LogP contribution in [0.5, 0.6) is 0 Å². The summed E-state index contributed by atoms with van der Waals surface area (Å²) in [5.41, 5.74) is 3.12. The van der Waals surface area contributed by atoms with Crippen LogP contribution in [0.15, 0.2) is 21.9 Å². The zero-order valence-corrected chi connectivity index (χ0v) is 12.6. The standard InChI is InChI=1S/C14H22N4O4/c1-14(22)9-17(12(20)3-2-6-15)7-4-10(14)18-8-5-11(19)16-13(18)21/h5,8,10,22H,2-4,6-7,9,15H2,1H3,(H,16,19,21)/t10-,14-/m1/s1. The molecule has 0 spiro atoms. The highest BCUT2D eigenvalue weighted by molar-refractivity contribution is 5.76. The van der Waals surface area contributed by atoms with Crippen LogP contribution in [0.1, 0.15) is 32.2 Å². The summed E-state index contributed by atoms with van der Waals surface area (Å²) in [5.74, 6) is -0.0435. The molecule has 22 heavy (non-hydrogen) atoms. The molecule has 0 aromatic carbocycles. The molecule has 1 aromatic heterocycles. The van der Waals surface area contributed by atoms with Crippen LogP contribution in [-0.4, -0.2) is 50.7 Å². The average Bonchev–Trinajstić information content (AvgIpc) is 2.44. The maximum Gasteiger partial charge on any atom is 0.328 e. The summed E-state index contributed by atoms with van der Waals surface area (Å²) < 4.78 is 1.32. The lowest BCUT2D eigenvalue weighted by molar-refractivity contribution is -0.140. The van der Waals surface area contributed by atoms with Crippen LogP contribution in [-0.2, 0) is 4.79 Å². The molecular formula is C14H22N4O4. The van der Waals surface area contributed by atoms with E-state index in [2.05, 4.69) is 4.98 Å². The summed E-state index contributed by atoms with van der Waals surface area (Å²) in [5, 5.41) is 10.7. The highest BCUT2D eigenvalue weighted by Crippen LogP contribution is 2.30. The van der Waals surface area contributed by atoms with Gasteiger partial charge in [0.25, 0.3) is 5.56 Å². The van der Waals surface area contributed by atoms with Crippen molar-refractivity contribution in [3.05, 3.63) is 33.1 Å². The summed E-state index contributed by atoms with van der Waals surface area (Å²) in [6.07, 6.45) is 2.79. The number of H-pyrrole nitrogens is 1. The second-order valence-corrected chi connectivity index (χ2v) is 5.89. The maximum atomic E-state index is 12.0. The van der Waals surface area contributed by atoms with E-state index in [1.807, 2.05) is 0 Å².